The van der Waals surface area contributed by atoms with Crippen molar-refractivity contribution in [3.05, 3.63) is 261 Å². The summed E-state index contributed by atoms with van der Waals surface area (Å²) in [4.78, 5) is 1.87. The van der Waals surface area contributed by atoms with E-state index in [1.165, 1.54) is 21.5 Å². The maximum absolute atomic E-state index is 9.69. The third-order valence-corrected chi connectivity index (χ3v) is 12.7. The fourth-order valence-electron chi connectivity index (χ4n) is 9.47. The van der Waals surface area contributed by atoms with E-state index in [2.05, 4.69) is 170 Å². The Hall–Kier alpha value is -8.52. The smallest absolute Gasteiger partial charge is 0.0645 e. The van der Waals surface area contributed by atoms with Gasteiger partial charge in [-0.1, -0.05) is 212 Å². The lowest BCUT2D eigenvalue weighted by atomic mass is 9.90. The third kappa shape index (κ3) is 7.10. The zero-order chi connectivity index (χ0) is 46.6. The van der Waals surface area contributed by atoms with Crippen molar-refractivity contribution in [3.8, 4) is 55.6 Å². The SMILES string of the molecule is [2H]c1c([2H])c(N(c2ccc(-c3ccc4ccccc4c3-c3ccccc3)cc2)c2ccc(-c3cc4ccccc4c4ccccc34)cc2)c([2H])c([2H])c1-c1ccc(-c2ccc3ccccc3c2)cc1. The Bertz CT molecular complexity index is 3890. The summed E-state index contributed by atoms with van der Waals surface area (Å²) < 4.78 is 38.4. The fraction of sp³-hybridized carbons (Fsp3) is 0. The molecular weight excluding hydrogens is 783 g/mol. The van der Waals surface area contributed by atoms with Crippen LogP contribution in [0, 0.1) is 0 Å². The van der Waals surface area contributed by atoms with Crippen molar-refractivity contribution in [3.63, 3.8) is 0 Å². The molecule has 0 atom stereocenters. The van der Waals surface area contributed by atoms with Gasteiger partial charge >= 0.3 is 0 Å². The van der Waals surface area contributed by atoms with E-state index in [1.807, 2.05) is 71.6 Å². The number of hydrogen-bond acceptors (Lipinski definition) is 1. The van der Waals surface area contributed by atoms with Gasteiger partial charge in [0.1, 0.15) is 0 Å². The van der Waals surface area contributed by atoms with Gasteiger partial charge in [0.15, 0.2) is 0 Å². The fourth-order valence-corrected chi connectivity index (χ4v) is 9.47. The van der Waals surface area contributed by atoms with Crippen LogP contribution >= 0.6 is 0 Å². The summed E-state index contributed by atoms with van der Waals surface area (Å²) in [6.07, 6.45) is 0. The molecule has 12 rings (SSSR count). The van der Waals surface area contributed by atoms with Gasteiger partial charge in [0.25, 0.3) is 0 Å². The first-order valence-corrected chi connectivity index (χ1v) is 22.1. The average Bonchev–Trinajstić information content (AvgIpc) is 3.41. The molecule has 0 N–H and O–H groups in total. The highest BCUT2D eigenvalue weighted by Gasteiger charge is 2.17. The van der Waals surface area contributed by atoms with Crippen LogP contribution in [0.2, 0.25) is 0 Å². The summed E-state index contributed by atoms with van der Waals surface area (Å²) in [5, 5.41) is 9.35. The first-order chi connectivity index (χ1) is 33.9. The number of fused-ring (bicyclic) bond motifs is 5. The molecule has 0 heterocycles. The average molecular weight is 830 g/mol. The lowest BCUT2D eigenvalue weighted by Gasteiger charge is -2.26. The quantitative estimate of drug-likeness (QED) is 0.138. The summed E-state index contributed by atoms with van der Waals surface area (Å²) in [6.45, 7) is 0. The maximum atomic E-state index is 9.69. The van der Waals surface area contributed by atoms with Gasteiger partial charge in [0.05, 0.1) is 5.48 Å². The van der Waals surface area contributed by atoms with Gasteiger partial charge in [-0.15, -0.1) is 0 Å². The summed E-state index contributed by atoms with van der Waals surface area (Å²) in [5.74, 6) is 0. The molecule has 0 saturated carbocycles. The Kier molecular flexibility index (Phi) is 8.54. The molecule has 0 amide bonds. The topological polar surface area (TPSA) is 3.24 Å². The second-order valence-corrected chi connectivity index (χ2v) is 16.6. The van der Waals surface area contributed by atoms with Crippen LogP contribution in [-0.4, -0.2) is 0 Å². The summed E-state index contributed by atoms with van der Waals surface area (Å²) in [5.41, 5.74) is 11.1. The predicted molar refractivity (Wildman–Crippen MR) is 278 cm³/mol. The van der Waals surface area contributed by atoms with Crippen molar-refractivity contribution in [1.29, 1.82) is 0 Å². The Morgan fingerprint density at radius 3 is 1.43 bits per heavy atom. The van der Waals surface area contributed by atoms with Crippen molar-refractivity contribution in [2.45, 2.75) is 0 Å². The number of anilines is 3. The zero-order valence-electron chi connectivity index (χ0n) is 39.5. The minimum Gasteiger partial charge on any atom is -0.311 e. The largest absolute Gasteiger partial charge is 0.311 e. The number of rotatable bonds is 8. The van der Waals surface area contributed by atoms with Gasteiger partial charge < -0.3 is 4.90 Å². The number of hydrogen-bond donors (Lipinski definition) is 0. The van der Waals surface area contributed by atoms with Gasteiger partial charge in [0, 0.05) is 17.1 Å². The summed E-state index contributed by atoms with van der Waals surface area (Å²) in [6, 6.07) is 80.9. The van der Waals surface area contributed by atoms with E-state index >= 15 is 0 Å². The van der Waals surface area contributed by atoms with E-state index in [-0.39, 0.29) is 35.4 Å². The van der Waals surface area contributed by atoms with E-state index in [4.69, 9.17) is 0 Å². The molecule has 0 radical (unpaired) electrons. The molecule has 12 aromatic carbocycles. The first-order valence-electron chi connectivity index (χ1n) is 24.1. The Morgan fingerprint density at radius 1 is 0.246 bits per heavy atom. The van der Waals surface area contributed by atoms with Gasteiger partial charge in [-0.05, 0) is 147 Å². The van der Waals surface area contributed by atoms with Gasteiger partial charge in [0.2, 0.25) is 0 Å². The number of nitrogens with zero attached hydrogens (tertiary/aromatic N) is 1. The van der Waals surface area contributed by atoms with Crippen LogP contribution in [0.25, 0.3) is 98.7 Å². The van der Waals surface area contributed by atoms with Crippen LogP contribution in [0.4, 0.5) is 17.1 Å². The normalized spacial score (nSPS) is 12.2. The third-order valence-electron chi connectivity index (χ3n) is 12.7. The molecule has 0 bridgehead atoms. The van der Waals surface area contributed by atoms with Gasteiger partial charge in [-0.25, -0.2) is 0 Å². The lowest BCUT2D eigenvalue weighted by Crippen LogP contribution is -2.09. The molecule has 304 valence electrons. The molecule has 0 aliphatic rings. The molecule has 0 aromatic heterocycles. The molecule has 0 aliphatic heterocycles. The molecule has 0 unspecified atom stereocenters. The van der Waals surface area contributed by atoms with E-state index in [0.29, 0.717) is 16.9 Å². The zero-order valence-corrected chi connectivity index (χ0v) is 35.5. The minimum absolute atomic E-state index is 0.103. The van der Waals surface area contributed by atoms with Crippen LogP contribution in [-0.2, 0) is 0 Å². The van der Waals surface area contributed by atoms with Crippen LogP contribution < -0.4 is 4.90 Å². The molecule has 0 fully saturated rings. The standard InChI is InChI=1S/C64H43N/c1-2-14-51(15-3-1)64-59-19-9-6-13-48(59)34-41-60(64)49-30-37-56(38-31-49)65(57-39-32-50(33-40-57)63-43-54-17-7-8-18-58(54)61-20-10-11-21-62(61)63)55-35-28-46(29-36-55)45-22-24-47(25-23-45)53-27-26-44-12-4-5-16-52(44)42-53/h1-43H/i28D,29D,35D,36D. The van der Waals surface area contributed by atoms with E-state index < -0.39 is 0 Å². The molecule has 0 spiro atoms. The predicted octanol–water partition coefficient (Wildman–Crippen LogP) is 18.1. The Labute approximate surface area is 385 Å². The highest BCUT2D eigenvalue weighted by atomic mass is 15.1. The van der Waals surface area contributed by atoms with Crippen LogP contribution in [0.15, 0.2) is 261 Å². The summed E-state index contributed by atoms with van der Waals surface area (Å²) in [7, 11) is 0. The van der Waals surface area contributed by atoms with Gasteiger partial charge in [-0.2, -0.15) is 0 Å². The first kappa shape index (κ1) is 34.0. The molecule has 1 heteroatoms. The molecular formula is C64H43N. The maximum Gasteiger partial charge on any atom is 0.0645 e. The monoisotopic (exact) mass is 829 g/mol. The van der Waals surface area contributed by atoms with Crippen molar-refractivity contribution in [1.82, 2.24) is 0 Å². The highest BCUT2D eigenvalue weighted by molar-refractivity contribution is 6.14. The van der Waals surface area contributed by atoms with Crippen molar-refractivity contribution >= 4 is 60.2 Å². The summed E-state index contributed by atoms with van der Waals surface area (Å²) >= 11 is 0. The van der Waals surface area contributed by atoms with Gasteiger partial charge in [-0.3, -0.25) is 0 Å². The Morgan fingerprint density at radius 2 is 0.738 bits per heavy atom. The second kappa shape index (κ2) is 16.3. The highest BCUT2D eigenvalue weighted by Crippen LogP contribution is 2.42. The molecule has 1 nitrogen and oxygen atoms in total. The molecule has 0 saturated heterocycles. The van der Waals surface area contributed by atoms with Crippen molar-refractivity contribution in [2.24, 2.45) is 0 Å². The Balaban J connectivity index is 0.986. The van der Waals surface area contributed by atoms with E-state index in [1.54, 1.807) is 0 Å². The molecule has 65 heavy (non-hydrogen) atoms. The van der Waals surface area contributed by atoms with Crippen LogP contribution in [0.3, 0.4) is 0 Å². The lowest BCUT2D eigenvalue weighted by molar-refractivity contribution is 1.28. The number of benzene rings is 12. The van der Waals surface area contributed by atoms with Crippen LogP contribution in [0.1, 0.15) is 5.48 Å². The molecule has 0 aliphatic carbocycles. The van der Waals surface area contributed by atoms with Crippen molar-refractivity contribution < 1.29 is 5.48 Å². The second-order valence-electron chi connectivity index (χ2n) is 16.6. The van der Waals surface area contributed by atoms with E-state index in [9.17, 15) is 5.48 Å². The molecule has 12 aromatic rings. The van der Waals surface area contributed by atoms with Crippen molar-refractivity contribution in [2.75, 3.05) is 4.90 Å². The van der Waals surface area contributed by atoms with E-state index in [0.717, 1.165) is 66.1 Å². The minimum atomic E-state index is -0.126. The van der Waals surface area contributed by atoms with Crippen LogP contribution in [0.5, 0.6) is 0 Å².